The predicted molar refractivity (Wildman–Crippen MR) is 77.3 cm³/mol. The fraction of sp³-hybridized carbons (Fsp3) is 0.571. The standard InChI is InChI=1S/C14H23NO2S/c1-4-5-9-18(16,17)15-14-8-6-7-13(11-14)10-12(2)3/h6-8,11-12,15H,4-5,9-10H2,1-3H3. The van der Waals surface area contributed by atoms with Crippen LogP contribution in [0.3, 0.4) is 0 Å². The van der Waals surface area contributed by atoms with Crippen LogP contribution in [0.4, 0.5) is 5.69 Å². The molecule has 0 saturated carbocycles. The van der Waals surface area contributed by atoms with Gasteiger partial charge in [-0.15, -0.1) is 0 Å². The Hall–Kier alpha value is -1.03. The molecule has 0 spiro atoms. The first kappa shape index (κ1) is 15.0. The number of anilines is 1. The molecule has 1 N–H and O–H groups in total. The summed E-state index contributed by atoms with van der Waals surface area (Å²) in [7, 11) is -3.19. The SMILES string of the molecule is CCCCS(=O)(=O)Nc1cccc(CC(C)C)c1. The van der Waals surface area contributed by atoms with Gasteiger partial charge in [0.15, 0.2) is 0 Å². The lowest BCUT2D eigenvalue weighted by Crippen LogP contribution is -2.16. The van der Waals surface area contributed by atoms with Gasteiger partial charge in [-0.1, -0.05) is 39.3 Å². The summed E-state index contributed by atoms with van der Waals surface area (Å²) in [4.78, 5) is 0. The van der Waals surface area contributed by atoms with Crippen molar-refractivity contribution < 1.29 is 8.42 Å². The fourth-order valence-corrected chi connectivity index (χ4v) is 3.06. The number of hydrogen-bond acceptors (Lipinski definition) is 2. The second kappa shape index (κ2) is 6.78. The third-order valence-corrected chi connectivity index (χ3v) is 3.98. The van der Waals surface area contributed by atoms with E-state index in [-0.39, 0.29) is 5.75 Å². The van der Waals surface area contributed by atoms with Crippen LogP contribution in [0.15, 0.2) is 24.3 Å². The van der Waals surface area contributed by atoms with Crippen LogP contribution in [0.2, 0.25) is 0 Å². The topological polar surface area (TPSA) is 46.2 Å². The first-order valence-corrected chi connectivity index (χ1v) is 8.17. The zero-order valence-corrected chi connectivity index (χ0v) is 12.3. The van der Waals surface area contributed by atoms with Gasteiger partial charge in [-0.05, 0) is 36.5 Å². The highest BCUT2D eigenvalue weighted by molar-refractivity contribution is 7.92. The van der Waals surface area contributed by atoms with E-state index in [0.29, 0.717) is 18.0 Å². The van der Waals surface area contributed by atoms with Crippen molar-refractivity contribution in [3.63, 3.8) is 0 Å². The molecular weight excluding hydrogens is 246 g/mol. The molecule has 3 nitrogen and oxygen atoms in total. The van der Waals surface area contributed by atoms with Gasteiger partial charge in [-0.3, -0.25) is 4.72 Å². The van der Waals surface area contributed by atoms with Gasteiger partial charge in [0.25, 0.3) is 0 Å². The lowest BCUT2D eigenvalue weighted by atomic mass is 10.0. The highest BCUT2D eigenvalue weighted by Crippen LogP contribution is 2.15. The summed E-state index contributed by atoms with van der Waals surface area (Å²) >= 11 is 0. The first-order chi connectivity index (χ1) is 8.43. The molecule has 0 unspecified atom stereocenters. The lowest BCUT2D eigenvalue weighted by Gasteiger charge is -2.10. The van der Waals surface area contributed by atoms with E-state index in [4.69, 9.17) is 0 Å². The van der Waals surface area contributed by atoms with Crippen molar-refractivity contribution >= 4 is 15.7 Å². The Morgan fingerprint density at radius 2 is 2.00 bits per heavy atom. The van der Waals surface area contributed by atoms with Crippen molar-refractivity contribution in [1.82, 2.24) is 0 Å². The minimum absolute atomic E-state index is 0.192. The zero-order valence-electron chi connectivity index (χ0n) is 11.4. The van der Waals surface area contributed by atoms with Crippen molar-refractivity contribution in [2.24, 2.45) is 5.92 Å². The molecule has 4 heteroatoms. The minimum Gasteiger partial charge on any atom is -0.284 e. The number of hydrogen-bond donors (Lipinski definition) is 1. The van der Waals surface area contributed by atoms with Crippen molar-refractivity contribution in [3.8, 4) is 0 Å². The van der Waals surface area contributed by atoms with Crippen LogP contribution in [-0.2, 0) is 16.4 Å². The van der Waals surface area contributed by atoms with E-state index < -0.39 is 10.0 Å². The second-order valence-electron chi connectivity index (χ2n) is 5.07. The summed E-state index contributed by atoms with van der Waals surface area (Å²) in [6, 6.07) is 7.65. The molecule has 0 aliphatic rings. The molecule has 0 amide bonds. The average molecular weight is 269 g/mol. The Morgan fingerprint density at radius 3 is 2.61 bits per heavy atom. The zero-order chi connectivity index (χ0) is 13.6. The van der Waals surface area contributed by atoms with Crippen molar-refractivity contribution in [1.29, 1.82) is 0 Å². The van der Waals surface area contributed by atoms with Gasteiger partial charge >= 0.3 is 0 Å². The molecule has 0 aromatic heterocycles. The van der Waals surface area contributed by atoms with Crippen LogP contribution in [-0.4, -0.2) is 14.2 Å². The number of rotatable bonds is 7. The third-order valence-electron chi connectivity index (χ3n) is 2.61. The Bertz CT molecular complexity index is 466. The lowest BCUT2D eigenvalue weighted by molar-refractivity contribution is 0.598. The van der Waals surface area contributed by atoms with Gasteiger partial charge in [0, 0.05) is 5.69 Å². The van der Waals surface area contributed by atoms with Crippen molar-refractivity contribution in [2.75, 3.05) is 10.5 Å². The molecule has 0 fully saturated rings. The van der Waals surface area contributed by atoms with E-state index in [0.717, 1.165) is 12.8 Å². The summed E-state index contributed by atoms with van der Waals surface area (Å²) in [5.74, 6) is 0.759. The number of benzene rings is 1. The quantitative estimate of drug-likeness (QED) is 0.824. The smallest absolute Gasteiger partial charge is 0.232 e. The molecule has 0 radical (unpaired) electrons. The average Bonchev–Trinajstić information content (AvgIpc) is 2.25. The Balaban J connectivity index is 2.72. The van der Waals surface area contributed by atoms with Gasteiger partial charge in [0.1, 0.15) is 0 Å². The molecule has 1 rings (SSSR count). The van der Waals surface area contributed by atoms with Gasteiger partial charge in [-0.25, -0.2) is 8.42 Å². The highest BCUT2D eigenvalue weighted by atomic mass is 32.2. The van der Waals surface area contributed by atoms with E-state index in [1.54, 1.807) is 6.07 Å². The van der Waals surface area contributed by atoms with Crippen LogP contribution in [0.25, 0.3) is 0 Å². The first-order valence-electron chi connectivity index (χ1n) is 6.52. The molecule has 0 aliphatic carbocycles. The third kappa shape index (κ3) is 5.54. The summed E-state index contributed by atoms with van der Waals surface area (Å²) in [6.45, 7) is 6.29. The number of nitrogens with one attached hydrogen (secondary N) is 1. The van der Waals surface area contributed by atoms with Gasteiger partial charge < -0.3 is 0 Å². The van der Waals surface area contributed by atoms with Gasteiger partial charge in [-0.2, -0.15) is 0 Å². The van der Waals surface area contributed by atoms with E-state index in [1.165, 1.54) is 5.56 Å². The highest BCUT2D eigenvalue weighted by Gasteiger charge is 2.09. The van der Waals surface area contributed by atoms with E-state index in [1.807, 2.05) is 25.1 Å². The molecular formula is C14H23NO2S. The molecule has 102 valence electrons. The fourth-order valence-electron chi connectivity index (χ4n) is 1.80. The summed E-state index contributed by atoms with van der Waals surface area (Å²) in [5.41, 5.74) is 1.84. The number of sulfonamides is 1. The maximum Gasteiger partial charge on any atom is 0.232 e. The Kier molecular flexibility index (Phi) is 5.66. The molecule has 0 saturated heterocycles. The van der Waals surface area contributed by atoms with Gasteiger partial charge in [0.2, 0.25) is 10.0 Å². The maximum absolute atomic E-state index is 11.8. The van der Waals surface area contributed by atoms with Crippen LogP contribution < -0.4 is 4.72 Å². The molecule has 0 atom stereocenters. The summed E-state index contributed by atoms with van der Waals surface area (Å²) < 4.78 is 26.2. The van der Waals surface area contributed by atoms with E-state index in [2.05, 4.69) is 18.6 Å². The normalized spacial score (nSPS) is 11.8. The van der Waals surface area contributed by atoms with E-state index >= 15 is 0 Å². The predicted octanol–water partition coefficient (Wildman–Crippen LogP) is 3.43. The molecule has 0 aliphatic heterocycles. The van der Waals surface area contributed by atoms with E-state index in [9.17, 15) is 8.42 Å². The Morgan fingerprint density at radius 1 is 1.28 bits per heavy atom. The number of unbranched alkanes of at least 4 members (excludes halogenated alkanes) is 1. The van der Waals surface area contributed by atoms with Crippen molar-refractivity contribution in [2.45, 2.75) is 40.0 Å². The molecule has 0 heterocycles. The monoisotopic (exact) mass is 269 g/mol. The Labute approximate surface area is 111 Å². The second-order valence-corrected chi connectivity index (χ2v) is 6.91. The molecule has 18 heavy (non-hydrogen) atoms. The van der Waals surface area contributed by atoms with Crippen LogP contribution in [0, 0.1) is 5.92 Å². The van der Waals surface area contributed by atoms with Gasteiger partial charge in [0.05, 0.1) is 5.75 Å². The molecule has 0 bridgehead atoms. The van der Waals surface area contributed by atoms with Crippen molar-refractivity contribution in [3.05, 3.63) is 29.8 Å². The van der Waals surface area contributed by atoms with Crippen LogP contribution >= 0.6 is 0 Å². The molecule has 1 aromatic rings. The molecule has 1 aromatic carbocycles. The maximum atomic E-state index is 11.8. The summed E-state index contributed by atoms with van der Waals surface area (Å²) in [5, 5.41) is 0. The largest absolute Gasteiger partial charge is 0.284 e. The van der Waals surface area contributed by atoms with Crippen LogP contribution in [0.5, 0.6) is 0 Å². The van der Waals surface area contributed by atoms with Crippen LogP contribution in [0.1, 0.15) is 39.2 Å². The minimum atomic E-state index is -3.19. The summed E-state index contributed by atoms with van der Waals surface area (Å²) in [6.07, 6.45) is 2.54.